The second kappa shape index (κ2) is 6.19. The van der Waals surface area contributed by atoms with Crippen molar-refractivity contribution in [1.82, 2.24) is 14.9 Å². The average Bonchev–Trinajstić information content (AvgIpc) is 2.54. The van der Waals surface area contributed by atoms with Gasteiger partial charge in [-0.05, 0) is 24.6 Å². The second-order valence-corrected chi connectivity index (χ2v) is 6.66. The van der Waals surface area contributed by atoms with Crippen LogP contribution in [-0.4, -0.2) is 28.4 Å². The van der Waals surface area contributed by atoms with Gasteiger partial charge in [0.15, 0.2) is 0 Å². The molecule has 0 bridgehead atoms. The molecule has 3 rings (SSSR count). The van der Waals surface area contributed by atoms with Gasteiger partial charge in [0.1, 0.15) is 5.75 Å². The maximum absolute atomic E-state index is 12.7. The van der Waals surface area contributed by atoms with Crippen molar-refractivity contribution in [2.45, 2.75) is 32.7 Å². The van der Waals surface area contributed by atoms with Gasteiger partial charge in [-0.25, -0.2) is 4.79 Å². The zero-order chi connectivity index (χ0) is 19.1. The summed E-state index contributed by atoms with van der Waals surface area (Å²) >= 11 is 0. The summed E-state index contributed by atoms with van der Waals surface area (Å²) in [5.41, 5.74) is -1.77. The van der Waals surface area contributed by atoms with Crippen molar-refractivity contribution in [2.75, 3.05) is 6.54 Å². The number of nitrogens with one attached hydrogen (secondary N) is 2. The molecule has 1 aliphatic heterocycles. The zero-order valence-electron chi connectivity index (χ0n) is 13.8. The summed E-state index contributed by atoms with van der Waals surface area (Å²) in [5.74, 6) is -0.645. The first kappa shape index (κ1) is 18.0. The predicted octanol–water partition coefficient (Wildman–Crippen LogP) is 1.50. The number of aromatic amines is 1. The number of carbonyl (C=O) groups is 1. The second-order valence-electron chi connectivity index (χ2n) is 6.66. The summed E-state index contributed by atoms with van der Waals surface area (Å²) in [5, 5.41) is 2.60. The average molecular weight is 371 g/mol. The van der Waals surface area contributed by atoms with Crippen LogP contribution >= 0.6 is 0 Å². The molecule has 0 aliphatic carbocycles. The van der Waals surface area contributed by atoms with Gasteiger partial charge < -0.3 is 15.0 Å². The molecule has 140 valence electrons. The SMILES string of the molecule is CC1(Cn2c(=O)[nH]c3ccc(OC(F)(F)F)cc3c2=O)CCC(=O)NC1. The van der Waals surface area contributed by atoms with Crippen LogP contribution in [0, 0.1) is 5.41 Å². The maximum atomic E-state index is 12.7. The normalized spacial score (nSPS) is 20.8. The number of carbonyl (C=O) groups excluding carboxylic acids is 1. The first-order chi connectivity index (χ1) is 12.1. The van der Waals surface area contributed by atoms with Gasteiger partial charge in [0.05, 0.1) is 10.9 Å². The molecule has 1 unspecified atom stereocenters. The lowest BCUT2D eigenvalue weighted by molar-refractivity contribution is -0.274. The number of alkyl halides is 3. The summed E-state index contributed by atoms with van der Waals surface area (Å²) in [6.07, 6.45) is -4.12. The van der Waals surface area contributed by atoms with Crippen molar-refractivity contribution in [3.05, 3.63) is 39.0 Å². The predicted molar refractivity (Wildman–Crippen MR) is 85.9 cm³/mol. The molecular formula is C16H16F3N3O4. The lowest BCUT2D eigenvalue weighted by Crippen LogP contribution is -2.48. The highest BCUT2D eigenvalue weighted by molar-refractivity contribution is 5.79. The van der Waals surface area contributed by atoms with E-state index in [1.165, 1.54) is 6.07 Å². The fourth-order valence-electron chi connectivity index (χ4n) is 2.99. The number of rotatable bonds is 3. The number of amides is 1. The zero-order valence-corrected chi connectivity index (χ0v) is 13.8. The standard InChI is InChI=1S/C16H16F3N3O4/c1-15(5-4-12(23)20-7-15)8-22-13(24)10-6-9(26-16(17,18)19)2-3-11(10)21-14(22)25/h2-3,6H,4-5,7-8H2,1H3,(H,20,23)(H,21,25). The number of halogens is 3. The van der Waals surface area contributed by atoms with E-state index in [0.29, 0.717) is 13.0 Å². The third-order valence-corrected chi connectivity index (χ3v) is 4.39. The van der Waals surface area contributed by atoms with Crippen LogP contribution in [0.25, 0.3) is 10.9 Å². The van der Waals surface area contributed by atoms with Crippen molar-refractivity contribution in [1.29, 1.82) is 0 Å². The molecule has 2 N–H and O–H groups in total. The minimum atomic E-state index is -4.89. The molecule has 26 heavy (non-hydrogen) atoms. The van der Waals surface area contributed by atoms with Gasteiger partial charge in [0.2, 0.25) is 5.91 Å². The minimum Gasteiger partial charge on any atom is -0.406 e. The van der Waals surface area contributed by atoms with E-state index in [4.69, 9.17) is 0 Å². The Bertz CT molecular complexity index is 967. The molecule has 1 saturated heterocycles. The van der Waals surface area contributed by atoms with Crippen LogP contribution in [0.2, 0.25) is 0 Å². The van der Waals surface area contributed by atoms with E-state index >= 15 is 0 Å². The van der Waals surface area contributed by atoms with Crippen molar-refractivity contribution < 1.29 is 22.7 Å². The van der Waals surface area contributed by atoms with Gasteiger partial charge in [-0.3, -0.25) is 14.2 Å². The van der Waals surface area contributed by atoms with Crippen LogP contribution in [0.1, 0.15) is 19.8 Å². The van der Waals surface area contributed by atoms with Crippen molar-refractivity contribution in [2.24, 2.45) is 5.41 Å². The molecule has 10 heteroatoms. The van der Waals surface area contributed by atoms with Crippen LogP contribution in [0.15, 0.2) is 27.8 Å². The third-order valence-electron chi connectivity index (χ3n) is 4.39. The molecule has 1 fully saturated rings. The molecule has 0 saturated carbocycles. The molecular weight excluding hydrogens is 355 g/mol. The van der Waals surface area contributed by atoms with Gasteiger partial charge in [-0.2, -0.15) is 0 Å². The topological polar surface area (TPSA) is 93.2 Å². The van der Waals surface area contributed by atoms with Crippen LogP contribution in [0.5, 0.6) is 5.75 Å². The first-order valence-corrected chi connectivity index (χ1v) is 7.86. The molecule has 1 aromatic carbocycles. The number of benzene rings is 1. The van der Waals surface area contributed by atoms with E-state index in [-0.39, 0.29) is 29.8 Å². The molecule has 0 spiro atoms. The molecule has 1 aromatic heterocycles. The smallest absolute Gasteiger partial charge is 0.406 e. The number of ether oxygens (including phenoxy) is 1. The van der Waals surface area contributed by atoms with Crippen LogP contribution < -0.4 is 21.3 Å². The Labute approximate surface area is 144 Å². The number of H-pyrrole nitrogens is 1. The summed E-state index contributed by atoms with van der Waals surface area (Å²) in [6, 6.07) is 3.15. The van der Waals surface area contributed by atoms with Crippen LogP contribution in [0.4, 0.5) is 13.2 Å². The molecule has 1 amide bonds. The fraction of sp³-hybridized carbons (Fsp3) is 0.438. The van der Waals surface area contributed by atoms with Gasteiger partial charge in [0.25, 0.3) is 5.56 Å². The third kappa shape index (κ3) is 3.73. The first-order valence-electron chi connectivity index (χ1n) is 7.86. The van der Waals surface area contributed by atoms with E-state index in [2.05, 4.69) is 15.0 Å². The molecule has 1 atom stereocenters. The summed E-state index contributed by atoms with van der Waals surface area (Å²) < 4.78 is 41.9. The highest BCUT2D eigenvalue weighted by Crippen LogP contribution is 2.27. The quantitative estimate of drug-likeness (QED) is 0.855. The largest absolute Gasteiger partial charge is 0.573 e. The lowest BCUT2D eigenvalue weighted by Gasteiger charge is -2.33. The Kier molecular flexibility index (Phi) is 4.29. The van der Waals surface area contributed by atoms with E-state index in [0.717, 1.165) is 16.7 Å². The highest BCUT2D eigenvalue weighted by atomic mass is 19.4. The van der Waals surface area contributed by atoms with Crippen molar-refractivity contribution >= 4 is 16.8 Å². The number of aromatic nitrogens is 2. The molecule has 1 aliphatic rings. The molecule has 0 radical (unpaired) electrons. The van der Waals surface area contributed by atoms with E-state index < -0.39 is 28.8 Å². The van der Waals surface area contributed by atoms with E-state index in [9.17, 15) is 27.6 Å². The fourth-order valence-corrected chi connectivity index (χ4v) is 2.99. The summed E-state index contributed by atoms with van der Waals surface area (Å²) in [4.78, 5) is 38.7. The number of fused-ring (bicyclic) bond motifs is 1. The summed E-state index contributed by atoms with van der Waals surface area (Å²) in [7, 11) is 0. The Morgan fingerprint density at radius 1 is 1.27 bits per heavy atom. The van der Waals surface area contributed by atoms with Gasteiger partial charge in [-0.15, -0.1) is 13.2 Å². The van der Waals surface area contributed by atoms with E-state index in [1.54, 1.807) is 0 Å². The lowest BCUT2D eigenvalue weighted by atomic mass is 9.82. The van der Waals surface area contributed by atoms with Crippen molar-refractivity contribution in [3.63, 3.8) is 0 Å². The molecule has 7 nitrogen and oxygen atoms in total. The number of nitrogens with zero attached hydrogens (tertiary/aromatic N) is 1. The van der Waals surface area contributed by atoms with Crippen LogP contribution in [-0.2, 0) is 11.3 Å². The Morgan fingerprint density at radius 3 is 2.62 bits per heavy atom. The van der Waals surface area contributed by atoms with E-state index in [1.807, 2.05) is 6.92 Å². The summed E-state index contributed by atoms with van der Waals surface area (Å²) in [6.45, 7) is 2.15. The maximum Gasteiger partial charge on any atom is 0.573 e. The van der Waals surface area contributed by atoms with Gasteiger partial charge >= 0.3 is 12.1 Å². The van der Waals surface area contributed by atoms with Crippen LogP contribution in [0.3, 0.4) is 0 Å². The highest BCUT2D eigenvalue weighted by Gasteiger charge is 2.32. The number of hydrogen-bond donors (Lipinski definition) is 2. The van der Waals surface area contributed by atoms with Gasteiger partial charge in [-0.1, -0.05) is 6.92 Å². The number of hydrogen-bond acceptors (Lipinski definition) is 4. The van der Waals surface area contributed by atoms with Gasteiger partial charge in [0, 0.05) is 24.9 Å². The van der Waals surface area contributed by atoms with Crippen molar-refractivity contribution in [3.8, 4) is 5.75 Å². The Balaban J connectivity index is 2.01. The minimum absolute atomic E-state index is 0.0295. The molecule has 2 heterocycles. The molecule has 2 aromatic rings. The monoisotopic (exact) mass is 371 g/mol. The Hall–Kier alpha value is -2.78. The Morgan fingerprint density at radius 2 is 2.00 bits per heavy atom. The number of piperidine rings is 1.